The Kier molecular flexibility index (Phi) is 15.8. The molecule has 16 nitrogen and oxygen atoms in total. The van der Waals surface area contributed by atoms with Gasteiger partial charge in [0.15, 0.2) is 12.6 Å². The van der Waals surface area contributed by atoms with Gasteiger partial charge in [-0.15, -0.1) is 12.6 Å². The number of hydrogen-bond donors (Lipinski definition) is 12. The van der Waals surface area contributed by atoms with E-state index >= 15 is 0 Å². The van der Waals surface area contributed by atoms with Gasteiger partial charge in [0.05, 0.1) is 19.8 Å². The van der Waals surface area contributed by atoms with Gasteiger partial charge in [0.2, 0.25) is 0 Å². The van der Waals surface area contributed by atoms with Crippen LogP contribution in [0.3, 0.4) is 0 Å². The smallest absolute Gasteiger partial charge is 0.187 e. The minimum atomic E-state index is -1.98. The van der Waals surface area contributed by atoms with Crippen LogP contribution < -0.4 is 0 Å². The van der Waals surface area contributed by atoms with Crippen molar-refractivity contribution in [2.24, 2.45) is 5.92 Å². The van der Waals surface area contributed by atoms with Crippen molar-refractivity contribution in [2.45, 2.75) is 119 Å². The van der Waals surface area contributed by atoms with E-state index in [1.807, 2.05) is 20.8 Å². The molecule has 2 fully saturated rings. The number of thiocarbonyl (C=S) groups is 1. The SMILES string of the molecule is CC(C)CC(C)N(C[C@H](O)[C@@H](O)[C@H](O[C@H]1O[C@H](CO)[C@@H](O[C@H]2O[C@H](CO)[C@@H](O)[C@H](O)[C@H]2O)[C@H](O)[C@H]1O)[C@H](O)CO)C(=S)S. The van der Waals surface area contributed by atoms with Crippen molar-refractivity contribution in [1.82, 2.24) is 4.90 Å². The number of aliphatic hydroxyl groups excluding tert-OH is 11. The van der Waals surface area contributed by atoms with E-state index in [9.17, 15) is 56.2 Å². The van der Waals surface area contributed by atoms with Crippen molar-refractivity contribution in [3.63, 3.8) is 0 Å². The highest BCUT2D eigenvalue weighted by atomic mass is 32.1. The monoisotopic (exact) mass is 665 g/mol. The third-order valence-electron chi connectivity index (χ3n) is 7.52. The van der Waals surface area contributed by atoms with E-state index in [1.54, 1.807) is 4.90 Å². The van der Waals surface area contributed by atoms with Gasteiger partial charge >= 0.3 is 0 Å². The van der Waals surface area contributed by atoms with Crippen LogP contribution in [-0.2, 0) is 18.9 Å². The molecule has 2 heterocycles. The number of rotatable bonds is 15. The van der Waals surface area contributed by atoms with Gasteiger partial charge in [-0.3, -0.25) is 0 Å². The van der Waals surface area contributed by atoms with Gasteiger partial charge in [-0.1, -0.05) is 26.1 Å². The lowest BCUT2D eigenvalue weighted by atomic mass is 9.96. The Bertz CT molecular complexity index is 844. The molecule has 2 aliphatic rings. The molecule has 0 aromatic carbocycles. The van der Waals surface area contributed by atoms with Crippen molar-refractivity contribution >= 4 is 29.2 Å². The molecule has 0 bridgehead atoms. The lowest BCUT2D eigenvalue weighted by Gasteiger charge is -2.46. The summed E-state index contributed by atoms with van der Waals surface area (Å²) >= 11 is 9.38. The third-order valence-corrected chi connectivity index (χ3v) is 8.01. The van der Waals surface area contributed by atoms with Crippen LogP contribution in [0, 0.1) is 5.92 Å². The van der Waals surface area contributed by atoms with E-state index in [-0.39, 0.29) is 22.8 Å². The fourth-order valence-corrected chi connectivity index (χ4v) is 5.64. The van der Waals surface area contributed by atoms with Crippen molar-refractivity contribution in [3.8, 4) is 0 Å². The van der Waals surface area contributed by atoms with Crippen molar-refractivity contribution in [3.05, 3.63) is 0 Å². The van der Waals surface area contributed by atoms with Crippen LogP contribution in [0.25, 0.3) is 0 Å². The minimum Gasteiger partial charge on any atom is -0.394 e. The third kappa shape index (κ3) is 9.82. The molecular formula is C25H47NO15S2. The molecule has 1 unspecified atom stereocenters. The average Bonchev–Trinajstić information content (AvgIpc) is 2.96. The van der Waals surface area contributed by atoms with Gasteiger partial charge in [0.25, 0.3) is 0 Å². The van der Waals surface area contributed by atoms with Crippen molar-refractivity contribution in [2.75, 3.05) is 26.4 Å². The maximum absolute atomic E-state index is 10.9. The Balaban J connectivity index is 2.19. The molecule has 0 aromatic heterocycles. The number of thiol groups is 1. The quantitative estimate of drug-likeness (QED) is 0.0577. The summed E-state index contributed by atoms with van der Waals surface area (Å²) in [5.74, 6) is 0.277. The van der Waals surface area contributed by atoms with Crippen LogP contribution in [-0.4, -0.2) is 184 Å². The number of ether oxygens (including phenoxy) is 4. The highest BCUT2D eigenvalue weighted by molar-refractivity contribution is 8.10. The molecule has 2 rings (SSSR count). The zero-order chi connectivity index (χ0) is 32.8. The highest BCUT2D eigenvalue weighted by Gasteiger charge is 2.52. The molecule has 0 saturated carbocycles. The summed E-state index contributed by atoms with van der Waals surface area (Å²) in [5, 5.41) is 113. The first-order valence-corrected chi connectivity index (χ1v) is 14.8. The number of hydrogen-bond acceptors (Lipinski definition) is 16. The van der Waals surface area contributed by atoms with E-state index in [0.717, 1.165) is 0 Å². The van der Waals surface area contributed by atoms with E-state index in [0.29, 0.717) is 6.42 Å². The summed E-state index contributed by atoms with van der Waals surface area (Å²) in [7, 11) is 0. The topological polar surface area (TPSA) is 263 Å². The van der Waals surface area contributed by atoms with Crippen molar-refractivity contribution in [1.29, 1.82) is 0 Å². The Morgan fingerprint density at radius 3 is 1.88 bits per heavy atom. The zero-order valence-electron chi connectivity index (χ0n) is 24.1. The molecule has 15 atom stereocenters. The maximum atomic E-state index is 10.9. The molecule has 11 N–H and O–H groups in total. The molecule has 0 spiro atoms. The van der Waals surface area contributed by atoms with Gasteiger partial charge in [-0.25, -0.2) is 0 Å². The molecule has 0 aliphatic carbocycles. The van der Waals surface area contributed by atoms with Crippen LogP contribution in [0.5, 0.6) is 0 Å². The first kappa shape index (κ1) is 38.8. The zero-order valence-corrected chi connectivity index (χ0v) is 25.8. The van der Waals surface area contributed by atoms with Gasteiger partial charge in [0.1, 0.15) is 77.6 Å². The highest BCUT2D eigenvalue weighted by Crippen LogP contribution is 2.31. The predicted octanol–water partition coefficient (Wildman–Crippen LogP) is -4.98. The molecule has 43 heavy (non-hydrogen) atoms. The minimum absolute atomic E-state index is 0.143. The first-order valence-electron chi connectivity index (χ1n) is 14.0. The van der Waals surface area contributed by atoms with E-state index < -0.39 is 106 Å². The Morgan fingerprint density at radius 1 is 0.814 bits per heavy atom. The average molecular weight is 666 g/mol. The summed E-state index contributed by atoms with van der Waals surface area (Å²) in [6.07, 6.45) is -23.7. The number of nitrogens with zero attached hydrogens (tertiary/aromatic N) is 1. The van der Waals surface area contributed by atoms with Crippen LogP contribution in [0.4, 0.5) is 0 Å². The maximum Gasteiger partial charge on any atom is 0.187 e. The molecule has 2 aliphatic heterocycles. The summed E-state index contributed by atoms with van der Waals surface area (Å²) < 4.78 is 22.0. The molecule has 0 radical (unpaired) electrons. The van der Waals surface area contributed by atoms with Crippen molar-refractivity contribution < 1.29 is 75.1 Å². The van der Waals surface area contributed by atoms with E-state index in [1.165, 1.54) is 0 Å². The fourth-order valence-electron chi connectivity index (χ4n) is 5.11. The first-order chi connectivity index (χ1) is 20.1. The van der Waals surface area contributed by atoms with Crippen LogP contribution in [0.1, 0.15) is 27.2 Å². The summed E-state index contributed by atoms with van der Waals surface area (Å²) in [6, 6.07) is -0.182. The second kappa shape index (κ2) is 17.5. The largest absolute Gasteiger partial charge is 0.394 e. The van der Waals surface area contributed by atoms with E-state index in [2.05, 4.69) is 12.6 Å². The van der Waals surface area contributed by atoms with Crippen LogP contribution in [0.2, 0.25) is 0 Å². The molecule has 18 heteroatoms. The van der Waals surface area contributed by atoms with Gasteiger partial charge < -0.3 is 80.0 Å². The predicted molar refractivity (Wildman–Crippen MR) is 154 cm³/mol. The standard InChI is InChI=1S/C25H47NO15S2/c1-9(2)4-10(3)26(25(42)43)5-11(30)15(32)21(12(31)6-27)40-24-20(37)18(35)22(14(8-29)39-24)41-23-19(36)17(34)16(33)13(7-28)38-23/h9-24,27-37H,4-8H2,1-3H3,(H,42,43)/t10?,11-,12+,13+,14+,15+,16+,17-,18+,19+,20+,21+,22+,23+,24+/m0/s1. The van der Waals surface area contributed by atoms with Crippen LogP contribution >= 0.6 is 24.8 Å². The molecule has 2 saturated heterocycles. The van der Waals surface area contributed by atoms with Gasteiger partial charge in [-0.2, -0.15) is 0 Å². The summed E-state index contributed by atoms with van der Waals surface area (Å²) in [6.45, 7) is 3.05. The second-order valence-electron chi connectivity index (χ2n) is 11.3. The normalized spacial score (nSPS) is 37.0. The molecular weight excluding hydrogens is 618 g/mol. The van der Waals surface area contributed by atoms with E-state index in [4.69, 9.17) is 31.2 Å². The Hall–Kier alpha value is -0.360. The molecule has 0 aromatic rings. The lowest BCUT2D eigenvalue weighted by molar-refractivity contribution is -0.367. The fraction of sp³-hybridized carbons (Fsp3) is 0.960. The lowest BCUT2D eigenvalue weighted by Crippen LogP contribution is -2.65. The summed E-state index contributed by atoms with van der Waals surface area (Å²) in [4.78, 5) is 1.56. The van der Waals surface area contributed by atoms with Gasteiger partial charge in [0, 0.05) is 12.6 Å². The Morgan fingerprint density at radius 2 is 1.37 bits per heavy atom. The molecule has 254 valence electrons. The molecule has 0 amide bonds. The number of aliphatic hydroxyl groups is 11. The van der Waals surface area contributed by atoms with Crippen LogP contribution in [0.15, 0.2) is 0 Å². The van der Waals surface area contributed by atoms with Gasteiger partial charge in [-0.05, 0) is 19.3 Å². The summed E-state index contributed by atoms with van der Waals surface area (Å²) in [5.41, 5.74) is 0. The Labute approximate surface area is 260 Å². The second-order valence-corrected chi connectivity index (χ2v) is 12.4.